The summed E-state index contributed by atoms with van der Waals surface area (Å²) >= 11 is 0. The topological polar surface area (TPSA) is 59.0 Å². The van der Waals surface area contributed by atoms with Gasteiger partial charge in [0.1, 0.15) is 0 Å². The lowest BCUT2D eigenvalue weighted by atomic mass is 9.98. The van der Waals surface area contributed by atoms with Crippen molar-refractivity contribution in [3.8, 4) is 0 Å². The Bertz CT molecular complexity index is 1000. The van der Waals surface area contributed by atoms with Gasteiger partial charge in [0.25, 0.3) is 0 Å². The lowest BCUT2D eigenvalue weighted by Gasteiger charge is -2.42. The molecule has 0 aliphatic carbocycles. The highest BCUT2D eigenvalue weighted by Gasteiger charge is 2.39. The zero-order valence-electron chi connectivity index (χ0n) is 18.9. The number of nitrogens with zero attached hydrogens (tertiary/aromatic N) is 1. The Morgan fingerprint density at radius 2 is 1.97 bits per heavy atom. The minimum atomic E-state index is -4.50. The molecule has 3 rings (SSSR count). The second-order valence-corrected chi connectivity index (χ2v) is 8.28. The molecule has 0 spiro atoms. The van der Waals surface area contributed by atoms with Gasteiger partial charge in [-0.15, -0.1) is 0 Å². The van der Waals surface area contributed by atoms with Crippen molar-refractivity contribution in [1.82, 2.24) is 4.90 Å². The monoisotopic (exact) mass is 463 g/mol. The van der Waals surface area contributed by atoms with Crippen molar-refractivity contribution in [3.63, 3.8) is 0 Å². The van der Waals surface area contributed by atoms with Crippen LogP contribution in [0.5, 0.6) is 0 Å². The Morgan fingerprint density at radius 1 is 1.27 bits per heavy atom. The van der Waals surface area contributed by atoms with Gasteiger partial charge in [-0.3, -0.25) is 4.90 Å². The SMILES string of the molecule is COC(=O)C=C(C)c1ccc(CC(C)N2CCOC(O)(c3cccc(C(F)(F)F)c3)C2)cc1. The number of hydrogen-bond acceptors (Lipinski definition) is 5. The van der Waals surface area contributed by atoms with E-state index in [9.17, 15) is 23.1 Å². The van der Waals surface area contributed by atoms with Gasteiger partial charge in [-0.1, -0.05) is 36.4 Å². The quantitative estimate of drug-likeness (QED) is 0.509. The molecular weight excluding hydrogens is 435 g/mol. The molecule has 1 aliphatic heterocycles. The molecule has 1 heterocycles. The summed E-state index contributed by atoms with van der Waals surface area (Å²) in [6.45, 7) is 4.66. The van der Waals surface area contributed by atoms with Gasteiger partial charge < -0.3 is 14.6 Å². The minimum absolute atomic E-state index is 0.0174. The molecule has 1 fully saturated rings. The van der Waals surface area contributed by atoms with Crippen LogP contribution in [0.15, 0.2) is 54.6 Å². The fraction of sp³-hybridized carbons (Fsp3) is 0.400. The highest BCUT2D eigenvalue weighted by Crippen LogP contribution is 2.34. The van der Waals surface area contributed by atoms with Crippen LogP contribution in [0.4, 0.5) is 13.2 Å². The number of methoxy groups -OCH3 is 1. The Morgan fingerprint density at radius 3 is 2.61 bits per heavy atom. The van der Waals surface area contributed by atoms with Crippen LogP contribution in [0.3, 0.4) is 0 Å². The van der Waals surface area contributed by atoms with E-state index >= 15 is 0 Å². The maximum Gasteiger partial charge on any atom is 0.416 e. The number of esters is 1. The zero-order chi connectivity index (χ0) is 24.2. The normalized spacial score (nSPS) is 21.0. The third kappa shape index (κ3) is 6.22. The molecule has 178 valence electrons. The number of morpholine rings is 1. The largest absolute Gasteiger partial charge is 0.466 e. The van der Waals surface area contributed by atoms with E-state index in [2.05, 4.69) is 4.74 Å². The van der Waals surface area contributed by atoms with E-state index in [0.717, 1.165) is 28.8 Å². The first-order valence-electron chi connectivity index (χ1n) is 10.7. The van der Waals surface area contributed by atoms with Gasteiger partial charge in [0.05, 0.1) is 25.8 Å². The summed E-state index contributed by atoms with van der Waals surface area (Å²) < 4.78 is 49.5. The minimum Gasteiger partial charge on any atom is -0.466 e. The summed E-state index contributed by atoms with van der Waals surface area (Å²) in [7, 11) is 1.33. The van der Waals surface area contributed by atoms with E-state index in [4.69, 9.17) is 4.74 Å². The summed E-state index contributed by atoms with van der Waals surface area (Å²) in [5.74, 6) is -2.22. The number of hydrogen-bond donors (Lipinski definition) is 1. The van der Waals surface area contributed by atoms with Crippen LogP contribution in [-0.4, -0.2) is 48.8 Å². The van der Waals surface area contributed by atoms with Gasteiger partial charge >= 0.3 is 12.1 Å². The third-order valence-electron chi connectivity index (χ3n) is 5.88. The fourth-order valence-electron chi connectivity index (χ4n) is 3.91. The number of aliphatic hydroxyl groups is 1. The first-order chi connectivity index (χ1) is 15.5. The number of benzene rings is 2. The molecule has 0 aromatic heterocycles. The standard InChI is InChI=1S/C25H28F3NO4/c1-17(13-23(30)32-3)20-9-7-19(8-10-20)14-18(2)29-11-12-33-24(31,16-29)21-5-4-6-22(15-21)25(26,27)28/h4-10,13,15,18,31H,11-12,14,16H2,1-3H3. The average molecular weight is 463 g/mol. The van der Waals surface area contributed by atoms with Crippen molar-refractivity contribution < 1.29 is 32.5 Å². The summed E-state index contributed by atoms with van der Waals surface area (Å²) in [5, 5.41) is 11.0. The maximum absolute atomic E-state index is 13.1. The molecule has 0 saturated carbocycles. The van der Waals surface area contributed by atoms with Crippen molar-refractivity contribution >= 4 is 11.5 Å². The van der Waals surface area contributed by atoms with Gasteiger partial charge in [0.2, 0.25) is 5.79 Å². The van der Waals surface area contributed by atoms with Crippen LogP contribution in [0.1, 0.15) is 36.1 Å². The summed E-state index contributed by atoms with van der Waals surface area (Å²) in [4.78, 5) is 13.4. The predicted octanol–water partition coefficient (Wildman–Crippen LogP) is 4.39. The van der Waals surface area contributed by atoms with Gasteiger partial charge in [-0.2, -0.15) is 13.2 Å². The molecule has 0 amide bonds. The average Bonchev–Trinajstić information content (AvgIpc) is 2.79. The number of rotatable bonds is 6. The molecule has 0 bridgehead atoms. The Hall–Kier alpha value is -2.68. The molecule has 2 atom stereocenters. The molecule has 0 radical (unpaired) electrons. The second kappa shape index (κ2) is 10.1. The maximum atomic E-state index is 13.1. The van der Waals surface area contributed by atoms with Crippen LogP contribution in [-0.2, 0) is 32.7 Å². The van der Waals surface area contributed by atoms with Gasteiger partial charge in [-0.25, -0.2) is 4.79 Å². The van der Waals surface area contributed by atoms with E-state index in [1.165, 1.54) is 25.3 Å². The van der Waals surface area contributed by atoms with Gasteiger partial charge in [-0.05, 0) is 49.1 Å². The number of β-amino-alcohol motifs (C(OH)–C–C–N with tert-alkyl or cyclic N) is 1. The van der Waals surface area contributed by atoms with E-state index in [1.54, 1.807) is 0 Å². The van der Waals surface area contributed by atoms with Crippen LogP contribution in [0, 0.1) is 0 Å². The van der Waals surface area contributed by atoms with Crippen molar-refractivity contribution in [1.29, 1.82) is 0 Å². The number of halogens is 3. The van der Waals surface area contributed by atoms with Crippen LogP contribution < -0.4 is 0 Å². The van der Waals surface area contributed by atoms with E-state index in [0.29, 0.717) is 13.0 Å². The molecule has 8 heteroatoms. The molecule has 1 aliphatic rings. The predicted molar refractivity (Wildman–Crippen MR) is 118 cm³/mol. The molecule has 1 saturated heterocycles. The molecular formula is C25H28F3NO4. The van der Waals surface area contributed by atoms with Crippen LogP contribution >= 0.6 is 0 Å². The first kappa shape index (κ1) is 25.0. The summed E-state index contributed by atoms with van der Waals surface area (Å²) in [6.07, 6.45) is -2.39. The summed E-state index contributed by atoms with van der Waals surface area (Å²) in [6, 6.07) is 12.5. The molecule has 2 unspecified atom stereocenters. The van der Waals surface area contributed by atoms with E-state index < -0.39 is 23.5 Å². The van der Waals surface area contributed by atoms with Gasteiger partial charge in [0.15, 0.2) is 0 Å². The van der Waals surface area contributed by atoms with Crippen molar-refractivity contribution in [2.24, 2.45) is 0 Å². The van der Waals surface area contributed by atoms with Crippen LogP contribution in [0.2, 0.25) is 0 Å². The molecule has 5 nitrogen and oxygen atoms in total. The highest BCUT2D eigenvalue weighted by molar-refractivity contribution is 5.90. The first-order valence-corrected chi connectivity index (χ1v) is 10.7. The second-order valence-electron chi connectivity index (χ2n) is 8.28. The number of alkyl halides is 3. The van der Waals surface area contributed by atoms with Gasteiger partial charge in [0, 0.05) is 24.2 Å². The number of carbonyl (C=O) groups is 1. The number of ether oxygens (including phenoxy) is 2. The lowest BCUT2D eigenvalue weighted by molar-refractivity contribution is -0.252. The Labute approximate surface area is 191 Å². The molecule has 1 N–H and O–H groups in total. The highest BCUT2D eigenvalue weighted by atomic mass is 19.4. The van der Waals surface area contributed by atoms with E-state index in [1.807, 2.05) is 43.0 Å². The fourth-order valence-corrected chi connectivity index (χ4v) is 3.91. The summed E-state index contributed by atoms with van der Waals surface area (Å²) in [5.41, 5.74) is 2.03. The third-order valence-corrected chi connectivity index (χ3v) is 5.88. The number of allylic oxidation sites excluding steroid dienone is 1. The smallest absolute Gasteiger partial charge is 0.416 e. The molecule has 2 aromatic carbocycles. The van der Waals surface area contributed by atoms with Crippen LogP contribution in [0.25, 0.3) is 5.57 Å². The van der Waals surface area contributed by atoms with E-state index in [-0.39, 0.29) is 24.8 Å². The van der Waals surface area contributed by atoms with Crippen molar-refractivity contribution in [3.05, 3.63) is 76.9 Å². The Balaban J connectivity index is 1.69. The molecule has 2 aromatic rings. The number of carbonyl (C=O) groups excluding carboxylic acids is 1. The van der Waals surface area contributed by atoms with Crippen molar-refractivity contribution in [2.45, 2.75) is 38.3 Å². The Kier molecular flexibility index (Phi) is 7.62. The lowest BCUT2D eigenvalue weighted by Crippen LogP contribution is -2.53. The molecule has 33 heavy (non-hydrogen) atoms. The van der Waals surface area contributed by atoms with Crippen molar-refractivity contribution in [2.75, 3.05) is 26.8 Å². The zero-order valence-corrected chi connectivity index (χ0v) is 18.9.